The Balaban J connectivity index is 1.98. The summed E-state index contributed by atoms with van der Waals surface area (Å²) in [6.45, 7) is 0.317. The van der Waals surface area contributed by atoms with Crippen molar-refractivity contribution in [1.29, 1.82) is 0 Å². The topological polar surface area (TPSA) is 75.3 Å². The monoisotopic (exact) mass is 324 g/mol. The van der Waals surface area contributed by atoms with Crippen LogP contribution in [0.25, 0.3) is 0 Å². The molecule has 0 atom stereocenters. The Hall–Kier alpha value is -1.70. The van der Waals surface area contributed by atoms with Gasteiger partial charge in [-0.3, -0.25) is 4.79 Å². The minimum atomic E-state index is -3.57. The highest BCUT2D eigenvalue weighted by atomic mass is 32.2. The van der Waals surface area contributed by atoms with Crippen molar-refractivity contribution in [2.75, 3.05) is 13.6 Å². The van der Waals surface area contributed by atoms with Crippen LogP contribution >= 0.6 is 11.3 Å². The van der Waals surface area contributed by atoms with Gasteiger partial charge in [-0.1, -0.05) is 30.3 Å². The second kappa shape index (κ2) is 6.84. The standard InChI is InChI=1S/C14H16N2O3S2/c1-15-14(17)13-9-12(10-20-13)21(18,19)16-8-7-11-5-3-2-4-6-11/h2-6,9-10,16H,7-8H2,1H3,(H,15,17). The van der Waals surface area contributed by atoms with Crippen molar-refractivity contribution in [3.8, 4) is 0 Å². The minimum Gasteiger partial charge on any atom is -0.354 e. The molecule has 2 N–H and O–H groups in total. The van der Waals surface area contributed by atoms with E-state index < -0.39 is 10.0 Å². The number of hydrogen-bond donors (Lipinski definition) is 2. The minimum absolute atomic E-state index is 0.124. The third kappa shape index (κ3) is 4.13. The summed E-state index contributed by atoms with van der Waals surface area (Å²) in [6, 6.07) is 11.0. The molecule has 1 aromatic heterocycles. The van der Waals surface area contributed by atoms with Crippen LogP contribution in [0.15, 0.2) is 46.7 Å². The van der Waals surface area contributed by atoms with Gasteiger partial charge < -0.3 is 5.32 Å². The number of benzene rings is 1. The van der Waals surface area contributed by atoms with Crippen LogP contribution in [0.1, 0.15) is 15.2 Å². The van der Waals surface area contributed by atoms with Gasteiger partial charge in [0, 0.05) is 19.0 Å². The first-order chi connectivity index (χ1) is 10.0. The molecule has 112 valence electrons. The number of thiophene rings is 1. The van der Waals surface area contributed by atoms with Gasteiger partial charge in [0.1, 0.15) is 0 Å². The van der Waals surface area contributed by atoms with Crippen molar-refractivity contribution >= 4 is 27.3 Å². The van der Waals surface area contributed by atoms with E-state index in [2.05, 4.69) is 10.0 Å². The van der Waals surface area contributed by atoms with Crippen molar-refractivity contribution in [2.24, 2.45) is 0 Å². The molecule has 7 heteroatoms. The molecule has 2 aromatic rings. The van der Waals surface area contributed by atoms with Crippen LogP contribution in [-0.2, 0) is 16.4 Å². The van der Waals surface area contributed by atoms with E-state index in [4.69, 9.17) is 0 Å². The zero-order valence-corrected chi connectivity index (χ0v) is 13.1. The van der Waals surface area contributed by atoms with E-state index in [9.17, 15) is 13.2 Å². The van der Waals surface area contributed by atoms with Crippen molar-refractivity contribution in [1.82, 2.24) is 10.0 Å². The molecule has 21 heavy (non-hydrogen) atoms. The molecular weight excluding hydrogens is 308 g/mol. The Labute approximate surface area is 128 Å². The van der Waals surface area contributed by atoms with E-state index in [-0.39, 0.29) is 10.8 Å². The Morgan fingerprint density at radius 1 is 1.24 bits per heavy atom. The molecule has 0 spiro atoms. The molecule has 0 unspecified atom stereocenters. The highest BCUT2D eigenvalue weighted by Crippen LogP contribution is 2.19. The first-order valence-corrected chi connectivity index (χ1v) is 8.73. The van der Waals surface area contributed by atoms with Gasteiger partial charge >= 0.3 is 0 Å². The molecule has 1 heterocycles. The van der Waals surface area contributed by atoms with Gasteiger partial charge in [-0.15, -0.1) is 11.3 Å². The first kappa shape index (κ1) is 15.7. The molecule has 0 saturated heterocycles. The van der Waals surface area contributed by atoms with E-state index in [0.717, 1.165) is 16.9 Å². The van der Waals surface area contributed by atoms with Crippen LogP contribution < -0.4 is 10.0 Å². The third-order valence-corrected chi connectivity index (χ3v) is 5.40. The molecule has 2 rings (SSSR count). The van der Waals surface area contributed by atoms with Crippen LogP contribution in [-0.4, -0.2) is 27.9 Å². The maximum absolute atomic E-state index is 12.1. The second-order valence-electron chi connectivity index (χ2n) is 4.36. The molecule has 0 aliphatic carbocycles. The molecule has 0 aliphatic heterocycles. The van der Waals surface area contributed by atoms with Crippen molar-refractivity contribution in [2.45, 2.75) is 11.3 Å². The van der Waals surface area contributed by atoms with Gasteiger partial charge in [-0.05, 0) is 18.1 Å². The van der Waals surface area contributed by atoms with Crippen LogP contribution in [0.3, 0.4) is 0 Å². The number of hydrogen-bond acceptors (Lipinski definition) is 4. The van der Waals surface area contributed by atoms with Crippen LogP contribution in [0.2, 0.25) is 0 Å². The highest BCUT2D eigenvalue weighted by molar-refractivity contribution is 7.89. The van der Waals surface area contributed by atoms with E-state index in [1.54, 1.807) is 0 Å². The number of rotatable bonds is 6. The van der Waals surface area contributed by atoms with Gasteiger partial charge in [0.05, 0.1) is 9.77 Å². The fourth-order valence-corrected chi connectivity index (χ4v) is 4.01. The van der Waals surface area contributed by atoms with E-state index >= 15 is 0 Å². The molecule has 1 aromatic carbocycles. The van der Waals surface area contributed by atoms with Gasteiger partial charge in [0.25, 0.3) is 5.91 Å². The second-order valence-corrected chi connectivity index (χ2v) is 7.04. The maximum Gasteiger partial charge on any atom is 0.261 e. The summed E-state index contributed by atoms with van der Waals surface area (Å²) in [5, 5.41) is 3.93. The third-order valence-electron chi connectivity index (χ3n) is 2.89. The zero-order chi connectivity index (χ0) is 15.3. The van der Waals surface area contributed by atoms with Crippen molar-refractivity contribution < 1.29 is 13.2 Å². The summed E-state index contributed by atoms with van der Waals surface area (Å²) >= 11 is 1.11. The Bertz CT molecular complexity index is 709. The number of sulfonamides is 1. The Morgan fingerprint density at radius 2 is 1.95 bits per heavy atom. The normalized spacial score (nSPS) is 11.3. The van der Waals surface area contributed by atoms with E-state index in [1.165, 1.54) is 18.5 Å². The molecule has 1 amide bonds. The fraction of sp³-hybridized carbons (Fsp3) is 0.214. The largest absolute Gasteiger partial charge is 0.354 e. The summed E-state index contributed by atoms with van der Waals surface area (Å²) < 4.78 is 26.8. The summed E-state index contributed by atoms with van der Waals surface area (Å²) in [4.78, 5) is 11.9. The molecule has 0 aliphatic rings. The molecule has 0 saturated carbocycles. The summed E-state index contributed by atoms with van der Waals surface area (Å²) in [5.41, 5.74) is 1.07. The smallest absolute Gasteiger partial charge is 0.261 e. The van der Waals surface area contributed by atoms with Crippen molar-refractivity contribution in [3.63, 3.8) is 0 Å². The predicted molar refractivity (Wildman–Crippen MR) is 83.0 cm³/mol. The SMILES string of the molecule is CNC(=O)c1cc(S(=O)(=O)NCCc2ccccc2)cs1. The average Bonchev–Trinajstić information content (AvgIpc) is 2.98. The summed E-state index contributed by atoms with van der Waals surface area (Å²) in [6.07, 6.45) is 0.618. The van der Waals surface area contributed by atoms with Gasteiger partial charge in [-0.2, -0.15) is 0 Å². The molecule has 0 bridgehead atoms. The number of amides is 1. The van der Waals surface area contributed by atoms with Crippen LogP contribution in [0.5, 0.6) is 0 Å². The fourth-order valence-electron chi connectivity index (χ4n) is 1.76. The lowest BCUT2D eigenvalue weighted by molar-refractivity contribution is 0.0967. The van der Waals surface area contributed by atoms with E-state index in [0.29, 0.717) is 17.8 Å². The van der Waals surface area contributed by atoms with Crippen molar-refractivity contribution in [3.05, 3.63) is 52.2 Å². The molecule has 0 fully saturated rings. The number of nitrogens with one attached hydrogen (secondary N) is 2. The lowest BCUT2D eigenvalue weighted by Gasteiger charge is -2.05. The van der Waals surface area contributed by atoms with E-state index in [1.807, 2.05) is 30.3 Å². The Kier molecular flexibility index (Phi) is 5.11. The first-order valence-electron chi connectivity index (χ1n) is 6.37. The van der Waals surface area contributed by atoms with Gasteiger partial charge in [0.2, 0.25) is 10.0 Å². The lowest BCUT2D eigenvalue weighted by atomic mass is 10.2. The zero-order valence-electron chi connectivity index (χ0n) is 11.5. The Morgan fingerprint density at radius 3 is 2.62 bits per heavy atom. The highest BCUT2D eigenvalue weighted by Gasteiger charge is 2.17. The molecular formula is C14H16N2O3S2. The quantitative estimate of drug-likeness (QED) is 0.848. The summed E-state index contributed by atoms with van der Waals surface area (Å²) in [5.74, 6) is -0.286. The predicted octanol–water partition coefficient (Wildman–Crippen LogP) is 1.63. The average molecular weight is 324 g/mol. The maximum atomic E-state index is 12.1. The number of carbonyl (C=O) groups is 1. The molecule has 0 radical (unpaired) electrons. The number of carbonyl (C=O) groups excluding carboxylic acids is 1. The lowest BCUT2D eigenvalue weighted by Crippen LogP contribution is -2.25. The van der Waals surface area contributed by atoms with Gasteiger partial charge in [-0.25, -0.2) is 13.1 Å². The molecule has 5 nitrogen and oxygen atoms in total. The van der Waals surface area contributed by atoms with Gasteiger partial charge in [0.15, 0.2) is 0 Å². The van der Waals surface area contributed by atoms with Crippen LogP contribution in [0, 0.1) is 0 Å². The summed E-state index contributed by atoms with van der Waals surface area (Å²) in [7, 11) is -2.06. The van der Waals surface area contributed by atoms with Crippen LogP contribution in [0.4, 0.5) is 0 Å².